The van der Waals surface area contributed by atoms with Crippen molar-refractivity contribution in [3.05, 3.63) is 52.8 Å². The minimum atomic E-state index is -0.0622. The van der Waals surface area contributed by atoms with E-state index >= 15 is 0 Å². The fourth-order valence-corrected chi connectivity index (χ4v) is 4.55. The smallest absolute Gasteiger partial charge is 0.228 e. The van der Waals surface area contributed by atoms with Gasteiger partial charge >= 0.3 is 0 Å². The van der Waals surface area contributed by atoms with Crippen LogP contribution in [0.3, 0.4) is 0 Å². The maximum Gasteiger partial charge on any atom is 0.228 e. The number of carbonyl (C=O) groups excluding carboxylic acids is 1. The van der Waals surface area contributed by atoms with Crippen molar-refractivity contribution >= 4 is 22.2 Å². The number of nitrogens with zero attached hydrogens (tertiary/aromatic N) is 3. The van der Waals surface area contributed by atoms with Crippen molar-refractivity contribution in [1.29, 1.82) is 0 Å². The summed E-state index contributed by atoms with van der Waals surface area (Å²) in [4.78, 5) is 18.4. The number of hydrogen-bond acceptors (Lipinski definition) is 4. The van der Waals surface area contributed by atoms with Crippen LogP contribution in [0, 0.1) is 12.8 Å². The molecule has 25 heavy (non-hydrogen) atoms. The second-order valence-corrected chi connectivity index (χ2v) is 7.89. The predicted octanol–water partition coefficient (Wildman–Crippen LogP) is 3.69. The average molecular weight is 354 g/mol. The highest BCUT2D eigenvalue weighted by Crippen LogP contribution is 2.37. The van der Waals surface area contributed by atoms with E-state index < -0.39 is 0 Å². The Bertz CT molecular complexity index is 833. The summed E-state index contributed by atoms with van der Waals surface area (Å²) >= 11 is 1.56. The van der Waals surface area contributed by atoms with Crippen molar-refractivity contribution in [1.82, 2.24) is 19.9 Å². The van der Waals surface area contributed by atoms with Gasteiger partial charge in [-0.2, -0.15) is 5.10 Å². The van der Waals surface area contributed by atoms with E-state index in [-0.39, 0.29) is 11.8 Å². The molecule has 5 nitrogen and oxygen atoms in total. The van der Waals surface area contributed by atoms with Gasteiger partial charge in [-0.1, -0.05) is 54.5 Å². The van der Waals surface area contributed by atoms with Crippen LogP contribution in [0.25, 0.3) is 4.96 Å². The monoisotopic (exact) mass is 354 g/mol. The Hall–Kier alpha value is -2.21. The molecule has 6 heteroatoms. The summed E-state index contributed by atoms with van der Waals surface area (Å²) < 4.78 is 1.78. The standard InChI is InChI=1S/C19H22N4OS/c1-13-22-23-12-16(21-19(23)25-13)11-20-18(24)17(15-9-5-6-10-15)14-7-3-2-4-8-14/h2-4,7-8,12,15,17H,5-6,9-11H2,1H3,(H,20,24)/t17-/m1/s1. The van der Waals surface area contributed by atoms with E-state index in [0.717, 1.165) is 34.1 Å². The third-order valence-electron chi connectivity index (χ3n) is 4.95. The summed E-state index contributed by atoms with van der Waals surface area (Å²) in [6.45, 7) is 2.41. The van der Waals surface area contributed by atoms with Crippen molar-refractivity contribution in [2.75, 3.05) is 0 Å². The largest absolute Gasteiger partial charge is 0.350 e. The van der Waals surface area contributed by atoms with Gasteiger partial charge in [-0.3, -0.25) is 4.79 Å². The SMILES string of the molecule is Cc1nn2cc(CNC(=O)[C@H](c3ccccc3)C3CCCC3)nc2s1. The summed E-state index contributed by atoms with van der Waals surface area (Å²) in [5.74, 6) is 0.489. The summed E-state index contributed by atoms with van der Waals surface area (Å²) in [6, 6.07) is 10.2. The normalized spacial score (nSPS) is 16.4. The lowest BCUT2D eigenvalue weighted by Gasteiger charge is -2.23. The molecule has 0 aliphatic heterocycles. The van der Waals surface area contributed by atoms with Gasteiger partial charge in [0.2, 0.25) is 10.9 Å². The van der Waals surface area contributed by atoms with E-state index in [9.17, 15) is 4.79 Å². The fourth-order valence-electron chi connectivity index (χ4n) is 3.81. The molecule has 1 aliphatic carbocycles. The Morgan fingerprint density at radius 1 is 1.32 bits per heavy atom. The van der Waals surface area contributed by atoms with Crippen LogP contribution in [-0.2, 0) is 11.3 Å². The van der Waals surface area contributed by atoms with Gasteiger partial charge in [0.1, 0.15) is 5.01 Å². The van der Waals surface area contributed by atoms with Crippen LogP contribution in [0.2, 0.25) is 0 Å². The number of hydrogen-bond donors (Lipinski definition) is 1. The Labute approximate surface area is 151 Å². The summed E-state index contributed by atoms with van der Waals surface area (Å²) in [5, 5.41) is 8.46. The molecule has 0 bridgehead atoms. The maximum absolute atomic E-state index is 13.0. The van der Waals surface area contributed by atoms with Gasteiger partial charge in [0, 0.05) is 0 Å². The Morgan fingerprint density at radius 3 is 2.80 bits per heavy atom. The zero-order valence-corrected chi connectivity index (χ0v) is 15.1. The van der Waals surface area contributed by atoms with Crippen LogP contribution >= 0.6 is 11.3 Å². The van der Waals surface area contributed by atoms with E-state index in [1.54, 1.807) is 15.9 Å². The first-order valence-corrected chi connectivity index (χ1v) is 9.67. The zero-order chi connectivity index (χ0) is 17.2. The third kappa shape index (κ3) is 3.44. The number of aromatic nitrogens is 3. The van der Waals surface area contributed by atoms with Crippen molar-refractivity contribution in [2.24, 2.45) is 5.92 Å². The van der Waals surface area contributed by atoms with Crippen LogP contribution in [0.5, 0.6) is 0 Å². The molecule has 0 spiro atoms. The number of rotatable bonds is 5. The number of fused-ring (bicyclic) bond motifs is 1. The molecule has 0 unspecified atom stereocenters. The van der Waals surface area contributed by atoms with E-state index in [0.29, 0.717) is 12.5 Å². The molecule has 1 amide bonds. The molecule has 1 aliphatic rings. The Balaban J connectivity index is 1.48. The Kier molecular flexibility index (Phi) is 4.53. The fraction of sp³-hybridized carbons (Fsp3) is 0.421. The molecule has 2 aromatic heterocycles. The van der Waals surface area contributed by atoms with Gasteiger partial charge in [0.15, 0.2) is 0 Å². The molecule has 0 radical (unpaired) electrons. The van der Waals surface area contributed by atoms with Crippen LogP contribution in [-0.4, -0.2) is 20.5 Å². The molecular formula is C19H22N4OS. The molecule has 0 saturated heterocycles. The molecule has 1 aromatic carbocycles. The third-order valence-corrected chi connectivity index (χ3v) is 5.79. The molecule has 4 rings (SSSR count). The van der Waals surface area contributed by atoms with Gasteiger partial charge in [0.05, 0.1) is 24.4 Å². The highest BCUT2D eigenvalue weighted by molar-refractivity contribution is 7.16. The molecule has 1 atom stereocenters. The van der Waals surface area contributed by atoms with Gasteiger partial charge < -0.3 is 5.32 Å². The van der Waals surface area contributed by atoms with Crippen molar-refractivity contribution < 1.29 is 4.79 Å². The molecule has 3 aromatic rings. The van der Waals surface area contributed by atoms with Crippen LogP contribution < -0.4 is 5.32 Å². The second kappa shape index (κ2) is 6.96. The summed E-state index contributed by atoms with van der Waals surface area (Å²) in [7, 11) is 0. The highest BCUT2D eigenvalue weighted by Gasteiger charge is 2.31. The minimum absolute atomic E-state index is 0.0622. The predicted molar refractivity (Wildman–Crippen MR) is 98.6 cm³/mol. The number of benzene rings is 1. The summed E-state index contributed by atoms with van der Waals surface area (Å²) in [5.41, 5.74) is 1.97. The van der Waals surface area contributed by atoms with Crippen molar-refractivity contribution in [3.63, 3.8) is 0 Å². The zero-order valence-electron chi connectivity index (χ0n) is 14.3. The van der Waals surface area contributed by atoms with Gasteiger partial charge in [-0.05, 0) is 31.2 Å². The molecule has 1 saturated carbocycles. The van der Waals surface area contributed by atoms with Crippen molar-refractivity contribution in [2.45, 2.75) is 45.1 Å². The lowest BCUT2D eigenvalue weighted by Crippen LogP contribution is -2.32. The van der Waals surface area contributed by atoms with E-state index in [2.05, 4.69) is 27.5 Å². The number of amides is 1. The van der Waals surface area contributed by atoms with E-state index in [4.69, 9.17) is 0 Å². The van der Waals surface area contributed by atoms with Crippen LogP contribution in [0.1, 0.15) is 47.9 Å². The number of imidazole rings is 1. The number of nitrogens with one attached hydrogen (secondary N) is 1. The minimum Gasteiger partial charge on any atom is -0.350 e. The lowest BCUT2D eigenvalue weighted by atomic mass is 9.84. The van der Waals surface area contributed by atoms with E-state index in [1.807, 2.05) is 31.3 Å². The number of aryl methyl sites for hydroxylation is 1. The first-order valence-electron chi connectivity index (χ1n) is 8.85. The topological polar surface area (TPSA) is 59.3 Å². The maximum atomic E-state index is 13.0. The first-order chi connectivity index (χ1) is 12.2. The quantitative estimate of drug-likeness (QED) is 0.760. The number of carbonyl (C=O) groups is 1. The lowest BCUT2D eigenvalue weighted by molar-refractivity contribution is -0.123. The van der Waals surface area contributed by atoms with Gasteiger partial charge in [-0.25, -0.2) is 9.50 Å². The van der Waals surface area contributed by atoms with Crippen molar-refractivity contribution in [3.8, 4) is 0 Å². The highest BCUT2D eigenvalue weighted by atomic mass is 32.1. The Morgan fingerprint density at radius 2 is 2.08 bits per heavy atom. The van der Waals surface area contributed by atoms with E-state index in [1.165, 1.54) is 12.8 Å². The molecule has 2 heterocycles. The second-order valence-electron chi connectivity index (χ2n) is 6.73. The molecule has 1 fully saturated rings. The molecule has 130 valence electrons. The van der Waals surface area contributed by atoms with Crippen LogP contribution in [0.4, 0.5) is 0 Å². The average Bonchev–Trinajstić information content (AvgIpc) is 3.31. The van der Waals surface area contributed by atoms with Crippen LogP contribution in [0.15, 0.2) is 36.5 Å². The van der Waals surface area contributed by atoms with Gasteiger partial charge in [0.25, 0.3) is 0 Å². The van der Waals surface area contributed by atoms with Gasteiger partial charge in [-0.15, -0.1) is 0 Å². The first kappa shape index (κ1) is 16.3. The molecule has 1 N–H and O–H groups in total. The summed E-state index contributed by atoms with van der Waals surface area (Å²) in [6.07, 6.45) is 6.62. The molecular weight excluding hydrogens is 332 g/mol.